The Labute approximate surface area is 110 Å². The zero-order chi connectivity index (χ0) is 12.1. The standard InChI is InChI=1S/C12H15NO2S2/c1-3-14-12(15-4-2)11(13-17-16-12)10-8-6-5-7-9-10/h5-9H,3-4H2,1-2H3. The lowest BCUT2D eigenvalue weighted by Gasteiger charge is -2.28. The fourth-order valence-corrected chi connectivity index (χ4v) is 3.86. The van der Waals surface area contributed by atoms with Crippen LogP contribution in [-0.4, -0.2) is 24.0 Å². The molecule has 0 N–H and O–H groups in total. The number of hydrogen-bond donors (Lipinski definition) is 0. The van der Waals surface area contributed by atoms with Crippen LogP contribution in [0.5, 0.6) is 0 Å². The maximum atomic E-state index is 5.79. The molecule has 0 aromatic heterocycles. The molecule has 5 heteroatoms. The van der Waals surface area contributed by atoms with Crippen molar-refractivity contribution in [2.24, 2.45) is 4.40 Å². The molecule has 0 unspecified atom stereocenters. The molecule has 2 rings (SSSR count). The van der Waals surface area contributed by atoms with Gasteiger partial charge in [0.05, 0.1) is 0 Å². The van der Waals surface area contributed by atoms with Crippen molar-refractivity contribution in [3.8, 4) is 0 Å². The average molecular weight is 269 g/mol. The zero-order valence-electron chi connectivity index (χ0n) is 9.88. The highest BCUT2D eigenvalue weighted by molar-refractivity contribution is 8.77. The summed E-state index contributed by atoms with van der Waals surface area (Å²) in [6.07, 6.45) is 0. The summed E-state index contributed by atoms with van der Waals surface area (Å²) in [6, 6.07) is 10.0. The molecule has 0 aliphatic carbocycles. The smallest absolute Gasteiger partial charge is 0.276 e. The molecular weight excluding hydrogens is 254 g/mol. The maximum Gasteiger partial charge on any atom is 0.276 e. The minimum absolute atomic E-state index is 0.597. The molecule has 0 spiro atoms. The molecule has 0 saturated carbocycles. The quantitative estimate of drug-likeness (QED) is 0.465. The Morgan fingerprint density at radius 1 is 1.12 bits per heavy atom. The second-order valence-electron chi connectivity index (χ2n) is 3.39. The van der Waals surface area contributed by atoms with Gasteiger partial charge in [-0.05, 0) is 13.8 Å². The lowest BCUT2D eigenvalue weighted by molar-refractivity contribution is -0.116. The van der Waals surface area contributed by atoms with Gasteiger partial charge in [0, 0.05) is 40.6 Å². The van der Waals surface area contributed by atoms with E-state index in [0.29, 0.717) is 13.2 Å². The summed E-state index contributed by atoms with van der Waals surface area (Å²) >= 11 is 0. The predicted octanol–water partition coefficient (Wildman–Crippen LogP) is 3.51. The first kappa shape index (κ1) is 13.0. The molecule has 1 aliphatic heterocycles. The third kappa shape index (κ3) is 2.68. The van der Waals surface area contributed by atoms with Crippen molar-refractivity contribution in [1.82, 2.24) is 0 Å². The predicted molar refractivity (Wildman–Crippen MR) is 74.1 cm³/mol. The van der Waals surface area contributed by atoms with E-state index in [-0.39, 0.29) is 0 Å². The van der Waals surface area contributed by atoms with Gasteiger partial charge in [-0.1, -0.05) is 30.3 Å². The highest BCUT2D eigenvalue weighted by Crippen LogP contribution is 2.47. The summed E-state index contributed by atoms with van der Waals surface area (Å²) in [6.45, 7) is 5.12. The van der Waals surface area contributed by atoms with E-state index in [1.165, 1.54) is 21.8 Å². The van der Waals surface area contributed by atoms with Crippen LogP contribution < -0.4 is 0 Å². The molecular formula is C12H15NO2S2. The number of hydrogen-bond acceptors (Lipinski definition) is 5. The summed E-state index contributed by atoms with van der Waals surface area (Å²) in [7, 11) is 2.93. The summed E-state index contributed by atoms with van der Waals surface area (Å²) in [4.78, 5) is 0. The minimum Gasteiger partial charge on any atom is -0.336 e. The van der Waals surface area contributed by atoms with E-state index in [0.717, 1.165) is 11.3 Å². The Hall–Kier alpha value is -0.490. The average Bonchev–Trinajstić information content (AvgIpc) is 2.75. The van der Waals surface area contributed by atoms with E-state index in [9.17, 15) is 0 Å². The molecule has 0 amide bonds. The van der Waals surface area contributed by atoms with Crippen LogP contribution in [0.15, 0.2) is 34.7 Å². The molecule has 0 radical (unpaired) electrons. The molecule has 17 heavy (non-hydrogen) atoms. The summed E-state index contributed by atoms with van der Waals surface area (Å²) in [5.74, 6) is 0. The Morgan fingerprint density at radius 3 is 2.35 bits per heavy atom. The van der Waals surface area contributed by atoms with Gasteiger partial charge in [-0.15, -0.1) is 0 Å². The molecule has 92 valence electrons. The lowest BCUT2D eigenvalue weighted by atomic mass is 10.1. The molecule has 0 saturated heterocycles. The van der Waals surface area contributed by atoms with E-state index < -0.39 is 5.12 Å². The second-order valence-corrected chi connectivity index (χ2v) is 5.37. The number of rotatable bonds is 5. The first-order chi connectivity index (χ1) is 8.32. The third-order valence-electron chi connectivity index (χ3n) is 2.28. The minimum atomic E-state index is -0.754. The van der Waals surface area contributed by atoms with Crippen molar-refractivity contribution in [1.29, 1.82) is 0 Å². The van der Waals surface area contributed by atoms with Gasteiger partial charge in [-0.2, -0.15) is 0 Å². The molecule has 3 nitrogen and oxygen atoms in total. The summed E-state index contributed by atoms with van der Waals surface area (Å²) in [5, 5.41) is -0.754. The van der Waals surface area contributed by atoms with E-state index >= 15 is 0 Å². The van der Waals surface area contributed by atoms with E-state index in [2.05, 4.69) is 4.40 Å². The van der Waals surface area contributed by atoms with Crippen LogP contribution in [0.25, 0.3) is 0 Å². The molecule has 1 aromatic carbocycles. The fourth-order valence-electron chi connectivity index (χ4n) is 1.63. The monoisotopic (exact) mass is 269 g/mol. The van der Waals surface area contributed by atoms with E-state index in [1.54, 1.807) is 0 Å². The molecule has 0 bridgehead atoms. The van der Waals surface area contributed by atoms with Crippen LogP contribution in [0.4, 0.5) is 0 Å². The Balaban J connectivity index is 2.31. The van der Waals surface area contributed by atoms with Crippen LogP contribution in [0.3, 0.4) is 0 Å². The third-order valence-corrected chi connectivity index (χ3v) is 4.37. The number of nitrogens with zero attached hydrogens (tertiary/aromatic N) is 1. The van der Waals surface area contributed by atoms with Gasteiger partial charge in [0.15, 0.2) is 0 Å². The first-order valence-electron chi connectivity index (χ1n) is 5.59. The van der Waals surface area contributed by atoms with Gasteiger partial charge in [-0.25, -0.2) is 4.40 Å². The van der Waals surface area contributed by atoms with Crippen molar-refractivity contribution in [2.75, 3.05) is 13.2 Å². The molecule has 1 aromatic rings. The number of benzene rings is 1. The Morgan fingerprint density at radius 2 is 1.76 bits per heavy atom. The van der Waals surface area contributed by atoms with Gasteiger partial charge in [0.1, 0.15) is 5.71 Å². The first-order valence-corrected chi connectivity index (χ1v) is 7.69. The van der Waals surface area contributed by atoms with Gasteiger partial charge >= 0.3 is 0 Å². The van der Waals surface area contributed by atoms with Crippen molar-refractivity contribution in [2.45, 2.75) is 19.0 Å². The summed E-state index contributed by atoms with van der Waals surface area (Å²) < 4.78 is 16.0. The number of ether oxygens (including phenoxy) is 2. The van der Waals surface area contributed by atoms with Gasteiger partial charge in [0.2, 0.25) is 0 Å². The highest BCUT2D eigenvalue weighted by Gasteiger charge is 2.44. The zero-order valence-corrected chi connectivity index (χ0v) is 11.5. The van der Waals surface area contributed by atoms with Crippen LogP contribution in [0, 0.1) is 0 Å². The Bertz CT molecular complexity index is 389. The highest BCUT2D eigenvalue weighted by atomic mass is 33.1. The van der Waals surface area contributed by atoms with E-state index in [4.69, 9.17) is 9.47 Å². The molecule has 0 fully saturated rings. The van der Waals surface area contributed by atoms with Crippen LogP contribution in [-0.2, 0) is 9.47 Å². The molecule has 1 aliphatic rings. The molecule has 0 atom stereocenters. The van der Waals surface area contributed by atoms with Crippen LogP contribution in [0.2, 0.25) is 0 Å². The van der Waals surface area contributed by atoms with Gasteiger partial charge in [-0.3, -0.25) is 0 Å². The van der Waals surface area contributed by atoms with Gasteiger partial charge < -0.3 is 9.47 Å². The normalized spacial score (nSPS) is 18.1. The van der Waals surface area contributed by atoms with Crippen LogP contribution in [0.1, 0.15) is 19.4 Å². The summed E-state index contributed by atoms with van der Waals surface area (Å²) in [5.41, 5.74) is 1.91. The lowest BCUT2D eigenvalue weighted by Crippen LogP contribution is -2.39. The largest absolute Gasteiger partial charge is 0.336 e. The van der Waals surface area contributed by atoms with Crippen LogP contribution >= 0.6 is 21.8 Å². The topological polar surface area (TPSA) is 30.8 Å². The van der Waals surface area contributed by atoms with Crippen molar-refractivity contribution in [3.05, 3.63) is 35.9 Å². The maximum absolute atomic E-state index is 5.79. The van der Waals surface area contributed by atoms with E-state index in [1.807, 2.05) is 44.2 Å². The fraction of sp³-hybridized carbons (Fsp3) is 0.417. The van der Waals surface area contributed by atoms with Crippen molar-refractivity contribution in [3.63, 3.8) is 0 Å². The van der Waals surface area contributed by atoms with Crippen molar-refractivity contribution < 1.29 is 9.47 Å². The van der Waals surface area contributed by atoms with Gasteiger partial charge in [0.25, 0.3) is 5.12 Å². The SMILES string of the molecule is CCOC1(OCC)SSN=C1c1ccccc1. The molecule has 1 heterocycles. The second kappa shape index (κ2) is 5.91. The Kier molecular flexibility index (Phi) is 4.50. The van der Waals surface area contributed by atoms with Crippen molar-refractivity contribution >= 4 is 27.5 Å².